The molecule has 0 spiro atoms. The van der Waals surface area contributed by atoms with Gasteiger partial charge in [0.1, 0.15) is 30.1 Å². The number of likely N-dealkylation sites (tertiary alicyclic amines) is 1. The summed E-state index contributed by atoms with van der Waals surface area (Å²) in [6.07, 6.45) is -0.554. The molecular formula is C20H19F3N6O3. The zero-order valence-corrected chi connectivity index (χ0v) is 16.7. The summed E-state index contributed by atoms with van der Waals surface area (Å²) >= 11 is 0. The van der Waals surface area contributed by atoms with E-state index in [-0.39, 0.29) is 19.2 Å². The Kier molecular flexibility index (Phi) is 4.81. The van der Waals surface area contributed by atoms with Crippen LogP contribution in [0.2, 0.25) is 0 Å². The van der Waals surface area contributed by atoms with Crippen molar-refractivity contribution in [3.05, 3.63) is 36.4 Å². The van der Waals surface area contributed by atoms with E-state index in [4.69, 9.17) is 4.42 Å². The molecule has 12 heteroatoms. The van der Waals surface area contributed by atoms with Gasteiger partial charge in [0.2, 0.25) is 0 Å². The first kappa shape index (κ1) is 20.4. The molecule has 0 aromatic carbocycles. The fraction of sp³-hybridized carbons (Fsp3) is 0.350. The smallest absolute Gasteiger partial charge is 0.405 e. The molecule has 1 fully saturated rings. The molecule has 4 aromatic rings. The number of amides is 2. The monoisotopic (exact) mass is 448 g/mol. The number of urea groups is 1. The molecule has 9 nitrogen and oxygen atoms in total. The number of nitrogens with zero attached hydrogens (tertiary/aromatic N) is 4. The molecule has 1 aliphatic rings. The maximum atomic E-state index is 12.5. The summed E-state index contributed by atoms with van der Waals surface area (Å²) in [7, 11) is 0. The number of H-pyrrole nitrogens is 1. The molecule has 2 amide bonds. The number of alkyl halides is 3. The van der Waals surface area contributed by atoms with Gasteiger partial charge in [0.25, 0.3) is 0 Å². The minimum atomic E-state index is -4.47. The van der Waals surface area contributed by atoms with E-state index in [1.165, 1.54) is 4.90 Å². The van der Waals surface area contributed by atoms with E-state index in [1.54, 1.807) is 24.5 Å². The molecule has 5 rings (SSSR count). The average molecular weight is 448 g/mol. The third-order valence-electron chi connectivity index (χ3n) is 5.53. The van der Waals surface area contributed by atoms with Crippen molar-refractivity contribution in [1.29, 1.82) is 0 Å². The molecule has 32 heavy (non-hydrogen) atoms. The second-order valence-corrected chi connectivity index (χ2v) is 7.62. The second kappa shape index (κ2) is 7.55. The minimum Gasteiger partial charge on any atom is -0.455 e. The van der Waals surface area contributed by atoms with Gasteiger partial charge in [-0.15, -0.1) is 0 Å². The van der Waals surface area contributed by atoms with Crippen molar-refractivity contribution in [2.24, 2.45) is 0 Å². The number of imidazole rings is 1. The van der Waals surface area contributed by atoms with Gasteiger partial charge in [-0.05, 0) is 24.6 Å². The van der Waals surface area contributed by atoms with Gasteiger partial charge in [0, 0.05) is 24.7 Å². The number of furan rings is 1. The number of aromatic nitrogens is 4. The zero-order valence-electron chi connectivity index (χ0n) is 16.7. The number of aliphatic hydroxyl groups is 1. The minimum absolute atomic E-state index is 0.212. The van der Waals surface area contributed by atoms with Crippen molar-refractivity contribution in [1.82, 2.24) is 29.7 Å². The van der Waals surface area contributed by atoms with Crippen molar-refractivity contribution < 1.29 is 27.5 Å². The van der Waals surface area contributed by atoms with Crippen LogP contribution in [0.4, 0.5) is 18.0 Å². The molecule has 0 radical (unpaired) electrons. The van der Waals surface area contributed by atoms with Crippen LogP contribution in [0.15, 0.2) is 35.0 Å². The quantitative estimate of drug-likeness (QED) is 0.444. The van der Waals surface area contributed by atoms with Crippen LogP contribution in [-0.4, -0.2) is 61.4 Å². The highest BCUT2D eigenvalue weighted by atomic mass is 19.4. The van der Waals surface area contributed by atoms with Crippen molar-refractivity contribution >= 4 is 28.1 Å². The number of halogens is 3. The number of carbonyl (C=O) groups excluding carboxylic acids is 1. The van der Waals surface area contributed by atoms with Gasteiger partial charge in [-0.2, -0.15) is 13.2 Å². The maximum absolute atomic E-state index is 12.5. The van der Waals surface area contributed by atoms with Crippen LogP contribution in [0, 0.1) is 0 Å². The third kappa shape index (κ3) is 3.55. The molecule has 3 N–H and O–H groups in total. The molecular weight excluding hydrogens is 429 g/mol. The molecule has 0 bridgehead atoms. The molecule has 0 unspecified atom stereocenters. The lowest BCUT2D eigenvalue weighted by atomic mass is 10.2. The third-order valence-corrected chi connectivity index (χ3v) is 5.53. The largest absolute Gasteiger partial charge is 0.455 e. The highest BCUT2D eigenvalue weighted by Gasteiger charge is 2.34. The zero-order chi connectivity index (χ0) is 22.5. The lowest BCUT2D eigenvalue weighted by Crippen LogP contribution is -2.42. The fourth-order valence-corrected chi connectivity index (χ4v) is 4.13. The first-order valence-electron chi connectivity index (χ1n) is 9.97. The Labute approximate surface area is 178 Å². The lowest BCUT2D eigenvalue weighted by Gasteiger charge is -2.20. The topological polar surface area (TPSA) is 112 Å². The Morgan fingerprint density at radius 1 is 1.34 bits per heavy atom. The summed E-state index contributed by atoms with van der Waals surface area (Å²) in [5.74, 6) is 1.31. The van der Waals surface area contributed by atoms with Gasteiger partial charge in [-0.25, -0.2) is 14.8 Å². The number of hydrogen-bond acceptors (Lipinski definition) is 5. The molecule has 0 aliphatic carbocycles. The number of pyridine rings is 1. The van der Waals surface area contributed by atoms with E-state index in [9.17, 15) is 23.1 Å². The number of rotatable bonds is 4. The van der Waals surface area contributed by atoms with E-state index in [1.807, 2.05) is 16.0 Å². The van der Waals surface area contributed by atoms with E-state index in [0.717, 1.165) is 10.9 Å². The molecule has 1 saturated heterocycles. The molecule has 5 heterocycles. The molecule has 168 valence electrons. The Balaban J connectivity index is 1.54. The number of nitrogens with one attached hydrogen (secondary N) is 2. The Morgan fingerprint density at radius 2 is 2.19 bits per heavy atom. The van der Waals surface area contributed by atoms with Gasteiger partial charge in [-0.1, -0.05) is 0 Å². The van der Waals surface area contributed by atoms with E-state index >= 15 is 0 Å². The number of hydrogen-bond donors (Lipinski definition) is 3. The SMILES string of the molecule is O=C(NCC(F)(F)F)N1CC[C@H](n2c(-c3ccc(CO)o3)nc3cnc4[nH]ccc4c32)C1. The van der Waals surface area contributed by atoms with Gasteiger partial charge in [0.05, 0.1) is 17.8 Å². The van der Waals surface area contributed by atoms with Crippen LogP contribution in [0.1, 0.15) is 18.2 Å². The second-order valence-electron chi connectivity index (χ2n) is 7.62. The lowest BCUT2D eigenvalue weighted by molar-refractivity contribution is -0.123. The summed E-state index contributed by atoms with van der Waals surface area (Å²) in [6, 6.07) is 4.22. The average Bonchev–Trinajstić information content (AvgIpc) is 3.54. The van der Waals surface area contributed by atoms with Crippen molar-refractivity contribution in [2.45, 2.75) is 25.2 Å². The maximum Gasteiger partial charge on any atom is 0.405 e. The summed E-state index contributed by atoms with van der Waals surface area (Å²) in [5, 5.41) is 12.1. The normalized spacial score (nSPS) is 17.0. The Morgan fingerprint density at radius 3 is 2.94 bits per heavy atom. The first-order valence-corrected chi connectivity index (χ1v) is 9.97. The number of aliphatic hydroxyl groups excluding tert-OH is 1. The van der Waals surface area contributed by atoms with Crippen molar-refractivity contribution in [3.8, 4) is 11.6 Å². The Bertz CT molecular complexity index is 1290. The molecule has 1 aliphatic heterocycles. The fourth-order valence-electron chi connectivity index (χ4n) is 4.13. The summed E-state index contributed by atoms with van der Waals surface area (Å²) in [4.78, 5) is 25.8. The summed E-state index contributed by atoms with van der Waals surface area (Å²) < 4.78 is 45.1. The molecule has 1 atom stereocenters. The van der Waals surface area contributed by atoms with E-state index in [0.29, 0.717) is 41.5 Å². The van der Waals surface area contributed by atoms with Crippen molar-refractivity contribution in [3.63, 3.8) is 0 Å². The predicted molar refractivity (Wildman–Crippen MR) is 108 cm³/mol. The van der Waals surface area contributed by atoms with Crippen LogP contribution in [0.5, 0.6) is 0 Å². The molecule has 0 saturated carbocycles. The number of fused-ring (bicyclic) bond motifs is 3. The van der Waals surface area contributed by atoms with Crippen LogP contribution < -0.4 is 5.32 Å². The van der Waals surface area contributed by atoms with E-state index < -0.39 is 18.8 Å². The van der Waals surface area contributed by atoms with Gasteiger partial charge in [-0.3, -0.25) is 0 Å². The van der Waals surface area contributed by atoms with Gasteiger partial charge in [0.15, 0.2) is 11.6 Å². The number of carbonyl (C=O) groups is 1. The molecule has 4 aromatic heterocycles. The van der Waals surface area contributed by atoms with Gasteiger partial charge < -0.3 is 29.3 Å². The number of aromatic amines is 1. The van der Waals surface area contributed by atoms with Crippen LogP contribution in [0.3, 0.4) is 0 Å². The highest BCUT2D eigenvalue weighted by molar-refractivity contribution is 6.02. The highest BCUT2D eigenvalue weighted by Crippen LogP contribution is 2.36. The van der Waals surface area contributed by atoms with Crippen LogP contribution in [0.25, 0.3) is 33.7 Å². The Hall–Kier alpha value is -3.54. The van der Waals surface area contributed by atoms with E-state index in [2.05, 4.69) is 15.0 Å². The van der Waals surface area contributed by atoms with Crippen LogP contribution >= 0.6 is 0 Å². The van der Waals surface area contributed by atoms with Crippen LogP contribution in [-0.2, 0) is 6.61 Å². The standard InChI is InChI=1S/C20H19F3N6O3/c21-20(22,23)10-26-19(31)28-6-4-11(8-28)29-16-13-3-5-24-17(13)25-7-14(16)27-18(29)15-2-1-12(9-30)32-15/h1-3,5,7,11,30H,4,6,8-10H2,(H,24,25)(H,26,31)/t11-/m0/s1. The predicted octanol–water partition coefficient (Wildman–Crippen LogP) is 3.18. The first-order chi connectivity index (χ1) is 15.3. The summed E-state index contributed by atoms with van der Waals surface area (Å²) in [5.41, 5.74) is 2.07. The summed E-state index contributed by atoms with van der Waals surface area (Å²) in [6.45, 7) is -1.13. The van der Waals surface area contributed by atoms with Crippen molar-refractivity contribution in [2.75, 3.05) is 19.6 Å². The van der Waals surface area contributed by atoms with Gasteiger partial charge >= 0.3 is 12.2 Å².